The Morgan fingerprint density at radius 2 is 1.38 bits per heavy atom. The first-order chi connectivity index (χ1) is 11.4. The molecule has 24 heavy (non-hydrogen) atoms. The molecule has 0 saturated heterocycles. The average molecular weight is 339 g/mol. The summed E-state index contributed by atoms with van der Waals surface area (Å²) in [5, 5.41) is 0. The summed E-state index contributed by atoms with van der Waals surface area (Å²) in [5.74, 6) is -0.586. The number of hydrogen-bond acceptors (Lipinski definition) is 6. The fourth-order valence-corrected chi connectivity index (χ4v) is 2.54. The molecule has 1 aromatic heterocycles. The van der Waals surface area contributed by atoms with Gasteiger partial charge >= 0.3 is 11.9 Å². The minimum atomic E-state index is -0.547. The molecule has 7 nitrogen and oxygen atoms in total. The molecule has 0 amide bonds. The van der Waals surface area contributed by atoms with Crippen LogP contribution in [0, 0.1) is 5.41 Å². The van der Waals surface area contributed by atoms with Gasteiger partial charge in [-0.1, -0.05) is 13.8 Å². The highest BCUT2D eigenvalue weighted by molar-refractivity contribution is 5.99. The minimum absolute atomic E-state index is 0.190. The summed E-state index contributed by atoms with van der Waals surface area (Å²) in [6, 6.07) is 0. The zero-order valence-corrected chi connectivity index (χ0v) is 14.9. The molecule has 2 heterocycles. The van der Waals surface area contributed by atoms with E-state index in [1.165, 1.54) is 0 Å². The molecule has 0 aliphatic carbocycles. The molecule has 134 valence electrons. The highest BCUT2D eigenvalue weighted by atomic mass is 16.6. The molecule has 0 spiro atoms. The van der Waals surface area contributed by atoms with Crippen molar-refractivity contribution in [1.82, 2.24) is 4.57 Å². The summed E-state index contributed by atoms with van der Waals surface area (Å²) in [5.41, 5.74) is 0.131. The number of aromatic nitrogens is 1. The Labute approximate surface area is 141 Å². The van der Waals surface area contributed by atoms with Gasteiger partial charge in [0.05, 0.1) is 26.4 Å². The average Bonchev–Trinajstić information content (AvgIpc) is 2.76. The molecule has 1 aromatic rings. The highest BCUT2D eigenvalue weighted by Crippen LogP contribution is 2.42. The van der Waals surface area contributed by atoms with Crippen molar-refractivity contribution in [2.24, 2.45) is 5.41 Å². The molecular weight excluding hydrogens is 314 g/mol. The van der Waals surface area contributed by atoms with Crippen LogP contribution in [-0.2, 0) is 16.0 Å². The number of fused-ring (bicyclic) bond motifs is 1. The maximum absolute atomic E-state index is 12.4. The van der Waals surface area contributed by atoms with Crippen LogP contribution in [-0.4, -0.2) is 42.9 Å². The molecule has 0 atom stereocenters. The standard InChI is InChI=1S/C17H25NO6/c1-6-18-11(15(19)21-7-2)13-14(12(18)16(20)22-8-3)24-10-17(4,5)9-23-13/h6-10H2,1-5H3. The van der Waals surface area contributed by atoms with Gasteiger partial charge in [-0.25, -0.2) is 9.59 Å². The van der Waals surface area contributed by atoms with Crippen LogP contribution in [0.3, 0.4) is 0 Å². The van der Waals surface area contributed by atoms with Gasteiger partial charge in [0, 0.05) is 12.0 Å². The number of hydrogen-bond donors (Lipinski definition) is 0. The number of carbonyl (C=O) groups excluding carboxylic acids is 2. The number of rotatable bonds is 5. The predicted molar refractivity (Wildman–Crippen MR) is 86.8 cm³/mol. The molecule has 0 aromatic carbocycles. The molecule has 0 bridgehead atoms. The van der Waals surface area contributed by atoms with Crippen molar-refractivity contribution in [3.8, 4) is 11.5 Å². The van der Waals surface area contributed by atoms with E-state index in [0.717, 1.165) is 0 Å². The van der Waals surface area contributed by atoms with E-state index < -0.39 is 11.9 Å². The van der Waals surface area contributed by atoms with Crippen LogP contribution in [0.1, 0.15) is 55.6 Å². The lowest BCUT2D eigenvalue weighted by atomic mass is 9.97. The van der Waals surface area contributed by atoms with Crippen molar-refractivity contribution in [1.29, 1.82) is 0 Å². The van der Waals surface area contributed by atoms with E-state index >= 15 is 0 Å². The predicted octanol–water partition coefficient (Wildman–Crippen LogP) is 2.66. The molecule has 2 rings (SSSR count). The van der Waals surface area contributed by atoms with Crippen molar-refractivity contribution >= 4 is 11.9 Å². The van der Waals surface area contributed by atoms with E-state index in [1.807, 2.05) is 20.8 Å². The van der Waals surface area contributed by atoms with Crippen molar-refractivity contribution < 1.29 is 28.5 Å². The molecule has 7 heteroatoms. The summed E-state index contributed by atoms with van der Waals surface area (Å²) < 4.78 is 23.5. The second kappa shape index (κ2) is 7.15. The van der Waals surface area contributed by atoms with Crippen LogP contribution in [0.15, 0.2) is 0 Å². The Hall–Kier alpha value is -2.18. The lowest BCUT2D eigenvalue weighted by Gasteiger charge is -2.21. The van der Waals surface area contributed by atoms with Crippen molar-refractivity contribution in [3.05, 3.63) is 11.4 Å². The van der Waals surface area contributed by atoms with Crippen LogP contribution in [0.2, 0.25) is 0 Å². The van der Waals surface area contributed by atoms with E-state index in [2.05, 4.69) is 0 Å². The molecular formula is C17H25NO6. The van der Waals surface area contributed by atoms with E-state index in [4.69, 9.17) is 18.9 Å². The number of esters is 2. The van der Waals surface area contributed by atoms with Crippen molar-refractivity contribution in [2.75, 3.05) is 26.4 Å². The highest BCUT2D eigenvalue weighted by Gasteiger charge is 2.38. The zero-order valence-electron chi connectivity index (χ0n) is 14.9. The lowest BCUT2D eigenvalue weighted by Crippen LogP contribution is -2.27. The third-order valence-corrected chi connectivity index (χ3v) is 3.64. The Morgan fingerprint density at radius 1 is 0.958 bits per heavy atom. The quantitative estimate of drug-likeness (QED) is 0.768. The number of ether oxygens (including phenoxy) is 4. The third kappa shape index (κ3) is 3.34. The lowest BCUT2D eigenvalue weighted by molar-refractivity contribution is 0.0494. The van der Waals surface area contributed by atoms with Gasteiger partial charge in [0.1, 0.15) is 0 Å². The Balaban J connectivity index is 2.62. The minimum Gasteiger partial charge on any atom is -0.487 e. The SMILES string of the molecule is CCOC(=O)c1c2c(c(C(=O)OCC)n1CC)OCC(C)(C)CO2. The first-order valence-electron chi connectivity index (χ1n) is 8.22. The first-order valence-corrected chi connectivity index (χ1v) is 8.22. The van der Waals surface area contributed by atoms with Crippen LogP contribution in [0.4, 0.5) is 0 Å². The van der Waals surface area contributed by atoms with Gasteiger partial charge in [0.15, 0.2) is 22.9 Å². The maximum atomic E-state index is 12.4. The van der Waals surface area contributed by atoms with E-state index in [9.17, 15) is 9.59 Å². The van der Waals surface area contributed by atoms with Crippen molar-refractivity contribution in [2.45, 2.75) is 41.2 Å². The van der Waals surface area contributed by atoms with Crippen LogP contribution in [0.5, 0.6) is 11.5 Å². The second-order valence-corrected chi connectivity index (χ2v) is 6.28. The van der Waals surface area contributed by atoms with Crippen LogP contribution in [0.25, 0.3) is 0 Å². The maximum Gasteiger partial charge on any atom is 0.359 e. The molecule has 0 unspecified atom stereocenters. The first kappa shape index (κ1) is 18.2. The Bertz CT molecular complexity index is 582. The van der Waals surface area contributed by atoms with Gasteiger partial charge in [-0.2, -0.15) is 0 Å². The van der Waals surface area contributed by atoms with E-state index in [-0.39, 0.29) is 41.5 Å². The fraction of sp³-hybridized carbons (Fsp3) is 0.647. The summed E-state index contributed by atoms with van der Waals surface area (Å²) in [6.07, 6.45) is 0. The monoisotopic (exact) mass is 339 g/mol. The molecule has 0 fully saturated rings. The molecule has 1 aliphatic rings. The summed E-state index contributed by atoms with van der Waals surface area (Å²) >= 11 is 0. The van der Waals surface area contributed by atoms with Gasteiger partial charge in [-0.05, 0) is 20.8 Å². The summed E-state index contributed by atoms with van der Waals surface area (Å²) in [4.78, 5) is 24.9. The third-order valence-electron chi connectivity index (χ3n) is 3.64. The molecule has 0 N–H and O–H groups in total. The smallest absolute Gasteiger partial charge is 0.359 e. The Morgan fingerprint density at radius 3 is 1.71 bits per heavy atom. The van der Waals surface area contributed by atoms with E-state index in [0.29, 0.717) is 19.8 Å². The van der Waals surface area contributed by atoms with Crippen LogP contribution >= 0.6 is 0 Å². The largest absolute Gasteiger partial charge is 0.487 e. The zero-order chi connectivity index (χ0) is 17.9. The van der Waals surface area contributed by atoms with Crippen molar-refractivity contribution in [3.63, 3.8) is 0 Å². The number of carbonyl (C=O) groups is 2. The van der Waals surface area contributed by atoms with Gasteiger partial charge < -0.3 is 23.5 Å². The summed E-state index contributed by atoms with van der Waals surface area (Å²) in [7, 11) is 0. The topological polar surface area (TPSA) is 76.0 Å². The fourth-order valence-electron chi connectivity index (χ4n) is 2.54. The Kier molecular flexibility index (Phi) is 5.41. The normalized spacial score (nSPS) is 15.5. The molecule has 0 saturated carbocycles. The van der Waals surface area contributed by atoms with Gasteiger partial charge in [-0.15, -0.1) is 0 Å². The van der Waals surface area contributed by atoms with E-state index in [1.54, 1.807) is 18.4 Å². The van der Waals surface area contributed by atoms with Gasteiger partial charge in [0.2, 0.25) is 0 Å². The van der Waals surface area contributed by atoms with Crippen LogP contribution < -0.4 is 9.47 Å². The second-order valence-electron chi connectivity index (χ2n) is 6.28. The molecule has 0 radical (unpaired) electrons. The summed E-state index contributed by atoms with van der Waals surface area (Å²) in [6.45, 7) is 10.8. The van der Waals surface area contributed by atoms with Gasteiger partial charge in [0.25, 0.3) is 0 Å². The van der Waals surface area contributed by atoms with Gasteiger partial charge in [-0.3, -0.25) is 0 Å². The number of nitrogens with zero attached hydrogens (tertiary/aromatic N) is 1. The molecule has 1 aliphatic heterocycles.